The van der Waals surface area contributed by atoms with Crippen molar-refractivity contribution in [2.24, 2.45) is 10.9 Å². The molecular weight excluding hydrogens is 465 g/mol. The fourth-order valence-electron chi connectivity index (χ4n) is 2.95. The first-order valence-corrected chi connectivity index (χ1v) is 9.48. The quantitative estimate of drug-likeness (QED) is 0.344. The van der Waals surface area contributed by atoms with Crippen LogP contribution in [0.3, 0.4) is 0 Å². The van der Waals surface area contributed by atoms with Crippen LogP contribution in [-0.2, 0) is 4.74 Å². The van der Waals surface area contributed by atoms with E-state index in [0.29, 0.717) is 11.6 Å². The van der Waals surface area contributed by atoms with Gasteiger partial charge < -0.3 is 20.1 Å². The first kappa shape index (κ1) is 23.5. The van der Waals surface area contributed by atoms with Crippen LogP contribution in [0.2, 0.25) is 5.02 Å². The highest BCUT2D eigenvalue weighted by molar-refractivity contribution is 14.0. The Kier molecular flexibility index (Phi) is 11.5. The predicted molar refractivity (Wildman–Crippen MR) is 119 cm³/mol. The zero-order chi connectivity index (χ0) is 18.1. The van der Waals surface area contributed by atoms with E-state index in [-0.39, 0.29) is 24.0 Å². The van der Waals surface area contributed by atoms with Crippen LogP contribution < -0.4 is 5.32 Å². The van der Waals surface area contributed by atoms with E-state index in [0.717, 1.165) is 63.0 Å². The maximum atomic E-state index is 10.3. The molecule has 26 heavy (non-hydrogen) atoms. The van der Waals surface area contributed by atoms with Crippen molar-refractivity contribution in [3.8, 4) is 0 Å². The Morgan fingerprint density at radius 3 is 2.62 bits per heavy atom. The summed E-state index contributed by atoms with van der Waals surface area (Å²) in [5.41, 5.74) is 0.828. The summed E-state index contributed by atoms with van der Waals surface area (Å²) < 4.78 is 5.42. The van der Waals surface area contributed by atoms with Crippen LogP contribution in [0.25, 0.3) is 0 Å². The molecular formula is C19H31ClIN3O2. The van der Waals surface area contributed by atoms with Crippen LogP contribution in [0.4, 0.5) is 0 Å². The maximum absolute atomic E-state index is 10.3. The van der Waals surface area contributed by atoms with Gasteiger partial charge in [-0.15, -0.1) is 24.0 Å². The van der Waals surface area contributed by atoms with Crippen LogP contribution >= 0.6 is 35.6 Å². The second-order valence-corrected chi connectivity index (χ2v) is 6.96. The van der Waals surface area contributed by atoms with E-state index in [4.69, 9.17) is 16.3 Å². The van der Waals surface area contributed by atoms with E-state index in [1.54, 1.807) is 12.1 Å². The smallest absolute Gasteiger partial charge is 0.193 e. The van der Waals surface area contributed by atoms with Crippen molar-refractivity contribution in [3.63, 3.8) is 0 Å². The van der Waals surface area contributed by atoms with Crippen molar-refractivity contribution in [1.29, 1.82) is 0 Å². The molecule has 1 aromatic rings. The fraction of sp³-hybridized carbons (Fsp3) is 0.632. The van der Waals surface area contributed by atoms with E-state index in [1.165, 1.54) is 0 Å². The minimum Gasteiger partial charge on any atom is -0.386 e. The minimum atomic E-state index is -0.630. The van der Waals surface area contributed by atoms with Gasteiger partial charge in [-0.25, -0.2) is 0 Å². The number of nitrogens with zero attached hydrogens (tertiary/aromatic N) is 2. The van der Waals surface area contributed by atoms with Gasteiger partial charge in [-0.2, -0.15) is 0 Å². The third-order valence-corrected chi connectivity index (χ3v) is 4.83. The van der Waals surface area contributed by atoms with Crippen LogP contribution in [0.1, 0.15) is 37.9 Å². The molecule has 2 rings (SSSR count). The molecule has 0 aromatic heterocycles. The number of nitrogens with one attached hydrogen (secondary N) is 1. The number of aliphatic hydroxyl groups is 1. The van der Waals surface area contributed by atoms with Gasteiger partial charge in [-0.3, -0.25) is 4.99 Å². The molecule has 0 spiro atoms. The molecule has 7 heteroatoms. The molecule has 1 saturated heterocycles. The van der Waals surface area contributed by atoms with Crippen molar-refractivity contribution in [2.45, 2.75) is 32.3 Å². The normalized spacial score (nSPS) is 16.7. The van der Waals surface area contributed by atoms with Crippen LogP contribution in [0, 0.1) is 5.92 Å². The molecule has 1 unspecified atom stereocenters. The van der Waals surface area contributed by atoms with Gasteiger partial charge in [0.1, 0.15) is 0 Å². The lowest BCUT2D eigenvalue weighted by molar-refractivity contribution is 0.0625. The molecule has 0 aliphatic carbocycles. The van der Waals surface area contributed by atoms with Crippen LogP contribution in [-0.4, -0.2) is 55.9 Å². The fourth-order valence-corrected chi connectivity index (χ4v) is 3.08. The summed E-state index contributed by atoms with van der Waals surface area (Å²) in [5.74, 6) is 1.57. The number of aliphatic hydroxyl groups excluding tert-OH is 1. The number of hydrogen-bond donors (Lipinski definition) is 2. The monoisotopic (exact) mass is 495 g/mol. The Morgan fingerprint density at radius 1 is 1.35 bits per heavy atom. The summed E-state index contributed by atoms with van der Waals surface area (Å²) >= 11 is 5.89. The Labute approximate surface area is 179 Å². The molecule has 1 aliphatic rings. The molecule has 1 heterocycles. The number of benzene rings is 1. The number of ether oxygens (including phenoxy) is 1. The largest absolute Gasteiger partial charge is 0.386 e. The number of hydrogen-bond acceptors (Lipinski definition) is 3. The molecule has 1 fully saturated rings. The second-order valence-electron chi connectivity index (χ2n) is 6.53. The van der Waals surface area contributed by atoms with E-state index < -0.39 is 6.10 Å². The second kappa shape index (κ2) is 12.8. The van der Waals surface area contributed by atoms with Crippen molar-refractivity contribution < 1.29 is 9.84 Å². The predicted octanol–water partition coefficient (Wildman–Crippen LogP) is 3.71. The van der Waals surface area contributed by atoms with E-state index >= 15 is 0 Å². The Morgan fingerprint density at radius 2 is 2.00 bits per heavy atom. The van der Waals surface area contributed by atoms with E-state index in [1.807, 2.05) is 12.1 Å². The van der Waals surface area contributed by atoms with Crippen molar-refractivity contribution >= 4 is 41.5 Å². The lowest BCUT2D eigenvalue weighted by Gasteiger charge is -2.27. The SMILES string of the molecule is CCNC(=NCC(O)c1ccc(Cl)cc1)N(C)CCC1CCOCC1.I. The molecule has 1 atom stereocenters. The Hall–Kier alpha value is -0.570. The Bertz CT molecular complexity index is 536. The third kappa shape index (κ3) is 7.98. The maximum Gasteiger partial charge on any atom is 0.193 e. The van der Waals surface area contributed by atoms with Crippen LogP contribution in [0.15, 0.2) is 29.3 Å². The van der Waals surface area contributed by atoms with Gasteiger partial charge in [0.2, 0.25) is 0 Å². The van der Waals surface area contributed by atoms with Gasteiger partial charge in [0.05, 0.1) is 12.6 Å². The molecule has 0 saturated carbocycles. The average molecular weight is 496 g/mol. The van der Waals surface area contributed by atoms with E-state index in [9.17, 15) is 5.11 Å². The first-order chi connectivity index (χ1) is 12.1. The summed E-state index contributed by atoms with van der Waals surface area (Å²) in [6, 6.07) is 7.25. The van der Waals surface area contributed by atoms with Crippen LogP contribution in [0.5, 0.6) is 0 Å². The molecule has 1 aliphatic heterocycles. The zero-order valence-electron chi connectivity index (χ0n) is 15.7. The molecule has 1 aromatic carbocycles. The van der Waals surface area contributed by atoms with Gasteiger partial charge in [0.15, 0.2) is 5.96 Å². The van der Waals surface area contributed by atoms with Crippen molar-refractivity contribution in [3.05, 3.63) is 34.9 Å². The number of halogens is 2. The number of guanidine groups is 1. The summed E-state index contributed by atoms with van der Waals surface area (Å²) in [7, 11) is 2.05. The highest BCUT2D eigenvalue weighted by Gasteiger charge is 2.16. The topological polar surface area (TPSA) is 57.1 Å². The third-order valence-electron chi connectivity index (χ3n) is 4.58. The molecule has 0 bridgehead atoms. The van der Waals surface area contributed by atoms with Crippen molar-refractivity contribution in [1.82, 2.24) is 10.2 Å². The lowest BCUT2D eigenvalue weighted by atomic mass is 9.96. The van der Waals surface area contributed by atoms with Crippen molar-refractivity contribution in [2.75, 3.05) is 39.9 Å². The summed E-state index contributed by atoms with van der Waals surface area (Å²) in [6.07, 6.45) is 2.81. The highest BCUT2D eigenvalue weighted by atomic mass is 127. The van der Waals surface area contributed by atoms with Gasteiger partial charge in [-0.05, 0) is 49.8 Å². The summed E-state index contributed by atoms with van der Waals surface area (Å²) in [6.45, 7) is 5.90. The summed E-state index contributed by atoms with van der Waals surface area (Å²) in [4.78, 5) is 6.75. The highest BCUT2D eigenvalue weighted by Crippen LogP contribution is 2.19. The van der Waals surface area contributed by atoms with E-state index in [2.05, 4.69) is 29.2 Å². The molecule has 2 N–H and O–H groups in total. The molecule has 5 nitrogen and oxygen atoms in total. The first-order valence-electron chi connectivity index (χ1n) is 9.11. The van der Waals surface area contributed by atoms with Gasteiger partial charge >= 0.3 is 0 Å². The standard InChI is InChI=1S/C19H30ClN3O2.HI/c1-3-21-19(23(2)11-8-15-9-12-25-13-10-15)22-14-18(24)16-4-6-17(20)7-5-16;/h4-7,15,18,24H,3,8-14H2,1-2H3,(H,21,22);1H. The zero-order valence-corrected chi connectivity index (χ0v) is 18.7. The molecule has 148 valence electrons. The minimum absolute atomic E-state index is 0. The summed E-state index contributed by atoms with van der Waals surface area (Å²) in [5, 5.41) is 14.3. The average Bonchev–Trinajstić information content (AvgIpc) is 2.64. The van der Waals surface area contributed by atoms with Gasteiger partial charge in [0, 0.05) is 38.4 Å². The lowest BCUT2D eigenvalue weighted by Crippen LogP contribution is -2.40. The Balaban J connectivity index is 0.00000338. The molecule has 0 amide bonds. The number of rotatable bonds is 7. The van der Waals surface area contributed by atoms with Gasteiger partial charge in [-0.1, -0.05) is 23.7 Å². The number of aliphatic imine (C=N–C) groups is 1. The van der Waals surface area contributed by atoms with Gasteiger partial charge in [0.25, 0.3) is 0 Å². The molecule has 0 radical (unpaired) electrons.